The van der Waals surface area contributed by atoms with Gasteiger partial charge in [-0.15, -0.1) is 11.3 Å². The van der Waals surface area contributed by atoms with Gasteiger partial charge >= 0.3 is 0 Å². The Morgan fingerprint density at radius 3 is 2.53 bits per heavy atom. The summed E-state index contributed by atoms with van der Waals surface area (Å²) in [7, 11) is -3.71. The van der Waals surface area contributed by atoms with Crippen molar-refractivity contribution in [1.29, 1.82) is 0 Å². The van der Waals surface area contributed by atoms with Crippen LogP contribution in [0, 0.1) is 12.8 Å². The van der Waals surface area contributed by atoms with Crippen molar-refractivity contribution in [2.75, 3.05) is 5.32 Å². The lowest BCUT2D eigenvalue weighted by atomic mass is 9.80. The van der Waals surface area contributed by atoms with E-state index in [4.69, 9.17) is 0 Å². The molecule has 2 aromatic heterocycles. The number of amides is 1. The van der Waals surface area contributed by atoms with Crippen LogP contribution in [0.2, 0.25) is 0 Å². The van der Waals surface area contributed by atoms with E-state index in [2.05, 4.69) is 15.3 Å². The molecule has 1 atom stereocenters. The van der Waals surface area contributed by atoms with Crippen LogP contribution < -0.4 is 10.9 Å². The highest BCUT2D eigenvalue weighted by atomic mass is 32.2. The standard InChI is InChI=1S/C23H31N3O4S2/c1-15-13-19(32(29,30)17-9-5-6-10-17)20(22(28)25-15)18(14-16-7-3-2-4-8-16)21(27)26-23-24-11-12-31-23/h11-13,16-18H,2-10,14H2,1H3,(H,25,28)(H,24,26,27). The Labute approximate surface area is 193 Å². The largest absolute Gasteiger partial charge is 0.326 e. The second-order valence-corrected chi connectivity index (χ2v) is 12.2. The Morgan fingerprint density at radius 1 is 1.19 bits per heavy atom. The molecule has 174 valence electrons. The number of thiazole rings is 1. The lowest BCUT2D eigenvalue weighted by Crippen LogP contribution is -2.33. The number of sulfone groups is 1. The summed E-state index contributed by atoms with van der Waals surface area (Å²) in [5.41, 5.74) is 0.117. The van der Waals surface area contributed by atoms with Crippen molar-refractivity contribution in [3.63, 3.8) is 0 Å². The Hall–Kier alpha value is -2.00. The Kier molecular flexibility index (Phi) is 7.14. The van der Waals surface area contributed by atoms with Crippen LogP contribution >= 0.6 is 11.3 Å². The quantitative estimate of drug-likeness (QED) is 0.608. The van der Waals surface area contributed by atoms with Crippen molar-refractivity contribution >= 4 is 32.2 Å². The van der Waals surface area contributed by atoms with Crippen molar-refractivity contribution in [1.82, 2.24) is 9.97 Å². The fourth-order valence-corrected chi connectivity index (χ4v) is 7.93. The van der Waals surface area contributed by atoms with Crippen LogP contribution in [0.4, 0.5) is 5.13 Å². The molecule has 4 rings (SSSR count). The van der Waals surface area contributed by atoms with Gasteiger partial charge in [0.15, 0.2) is 15.0 Å². The molecule has 1 unspecified atom stereocenters. The van der Waals surface area contributed by atoms with Crippen LogP contribution in [-0.2, 0) is 14.6 Å². The number of nitrogens with one attached hydrogen (secondary N) is 2. The van der Waals surface area contributed by atoms with Gasteiger partial charge in [-0.3, -0.25) is 9.59 Å². The van der Waals surface area contributed by atoms with Gasteiger partial charge in [-0.1, -0.05) is 44.9 Å². The molecule has 0 aliphatic heterocycles. The molecule has 2 N–H and O–H groups in total. The first kappa shape index (κ1) is 23.2. The molecule has 9 heteroatoms. The number of aromatic nitrogens is 2. The molecule has 0 aromatic carbocycles. The number of aryl methyl sites for hydroxylation is 1. The SMILES string of the molecule is Cc1cc(S(=O)(=O)C2CCCC2)c(C(CC2CCCCC2)C(=O)Nc2nccs2)c(=O)[nH]1. The van der Waals surface area contributed by atoms with Gasteiger partial charge < -0.3 is 10.3 Å². The van der Waals surface area contributed by atoms with Gasteiger partial charge in [-0.25, -0.2) is 13.4 Å². The summed E-state index contributed by atoms with van der Waals surface area (Å²) in [6.45, 7) is 1.69. The molecule has 1 amide bonds. The molecule has 32 heavy (non-hydrogen) atoms. The first-order valence-electron chi connectivity index (χ1n) is 11.5. The van der Waals surface area contributed by atoms with E-state index in [1.54, 1.807) is 24.6 Å². The minimum absolute atomic E-state index is 0.0424. The average molecular weight is 478 g/mol. The highest BCUT2D eigenvalue weighted by Gasteiger charge is 2.38. The number of nitrogens with zero attached hydrogens (tertiary/aromatic N) is 1. The van der Waals surface area contributed by atoms with Crippen LogP contribution in [0.5, 0.6) is 0 Å². The molecule has 2 aromatic rings. The summed E-state index contributed by atoms with van der Waals surface area (Å²) in [4.78, 5) is 33.6. The molecule has 2 fully saturated rings. The minimum Gasteiger partial charge on any atom is -0.326 e. The summed E-state index contributed by atoms with van der Waals surface area (Å²) in [5.74, 6) is -0.904. The van der Waals surface area contributed by atoms with E-state index in [0.717, 1.165) is 38.5 Å². The maximum atomic E-state index is 13.6. The van der Waals surface area contributed by atoms with Gasteiger partial charge in [-0.05, 0) is 38.2 Å². The van der Waals surface area contributed by atoms with Crippen molar-refractivity contribution in [2.24, 2.45) is 5.92 Å². The van der Waals surface area contributed by atoms with E-state index < -0.39 is 26.6 Å². The number of rotatable bonds is 7. The molecule has 0 bridgehead atoms. The molecule has 2 aliphatic carbocycles. The number of aromatic amines is 1. The van der Waals surface area contributed by atoms with E-state index in [1.165, 1.54) is 17.8 Å². The third-order valence-electron chi connectivity index (χ3n) is 6.84. The second kappa shape index (κ2) is 9.87. The second-order valence-electron chi connectivity index (χ2n) is 9.13. The number of pyridine rings is 1. The average Bonchev–Trinajstić information content (AvgIpc) is 3.47. The molecular formula is C23H31N3O4S2. The first-order chi connectivity index (χ1) is 15.4. The van der Waals surface area contributed by atoms with Gasteiger partial charge in [0.05, 0.1) is 16.1 Å². The van der Waals surface area contributed by atoms with Crippen LogP contribution in [-0.4, -0.2) is 29.5 Å². The summed E-state index contributed by atoms with van der Waals surface area (Å²) in [5, 5.41) is 4.55. The fourth-order valence-electron chi connectivity index (χ4n) is 5.20. The molecular weight excluding hydrogens is 446 g/mol. The normalized spacial score (nSPS) is 19.2. The number of hydrogen-bond acceptors (Lipinski definition) is 6. The van der Waals surface area contributed by atoms with E-state index in [1.807, 2.05) is 0 Å². The monoisotopic (exact) mass is 477 g/mol. The zero-order valence-corrected chi connectivity index (χ0v) is 20.1. The summed E-state index contributed by atoms with van der Waals surface area (Å²) < 4.78 is 27.2. The first-order valence-corrected chi connectivity index (χ1v) is 14.0. The topological polar surface area (TPSA) is 109 Å². The number of hydrogen-bond donors (Lipinski definition) is 2. The molecule has 0 spiro atoms. The van der Waals surface area contributed by atoms with Gasteiger partial charge in [0.25, 0.3) is 5.56 Å². The molecule has 0 saturated heterocycles. The highest BCUT2D eigenvalue weighted by molar-refractivity contribution is 7.92. The number of anilines is 1. The zero-order valence-electron chi connectivity index (χ0n) is 18.4. The zero-order chi connectivity index (χ0) is 22.7. The predicted octanol–water partition coefficient (Wildman–Crippen LogP) is 4.55. The van der Waals surface area contributed by atoms with Crippen molar-refractivity contribution < 1.29 is 13.2 Å². The lowest BCUT2D eigenvalue weighted by molar-refractivity contribution is -0.118. The summed E-state index contributed by atoms with van der Waals surface area (Å²) >= 11 is 1.30. The van der Waals surface area contributed by atoms with Crippen LogP contribution in [0.1, 0.15) is 81.4 Å². The molecule has 7 nitrogen and oxygen atoms in total. The smallest absolute Gasteiger partial charge is 0.253 e. The summed E-state index contributed by atoms with van der Waals surface area (Å²) in [6.07, 6.45) is 10.4. The van der Waals surface area contributed by atoms with Gasteiger partial charge in [0.1, 0.15) is 0 Å². The molecule has 2 aliphatic rings. The van der Waals surface area contributed by atoms with Crippen LogP contribution in [0.25, 0.3) is 0 Å². The Bertz CT molecular complexity index is 1100. The van der Waals surface area contributed by atoms with Crippen LogP contribution in [0.15, 0.2) is 27.3 Å². The highest BCUT2D eigenvalue weighted by Crippen LogP contribution is 2.37. The van der Waals surface area contributed by atoms with E-state index >= 15 is 0 Å². The van der Waals surface area contributed by atoms with E-state index in [0.29, 0.717) is 36.0 Å². The third-order valence-corrected chi connectivity index (χ3v) is 9.83. The van der Waals surface area contributed by atoms with E-state index in [9.17, 15) is 18.0 Å². The molecule has 2 heterocycles. The molecule has 0 radical (unpaired) electrons. The number of carbonyl (C=O) groups excluding carboxylic acids is 1. The van der Waals surface area contributed by atoms with Gasteiger partial charge in [0.2, 0.25) is 5.91 Å². The minimum atomic E-state index is -3.71. The Balaban J connectivity index is 1.78. The third kappa shape index (κ3) is 4.98. The fraction of sp³-hybridized carbons (Fsp3) is 0.609. The van der Waals surface area contributed by atoms with Crippen molar-refractivity contribution in [2.45, 2.75) is 87.2 Å². The summed E-state index contributed by atoms with van der Waals surface area (Å²) in [6, 6.07) is 1.55. The van der Waals surface area contributed by atoms with Gasteiger partial charge in [0, 0.05) is 22.8 Å². The number of carbonyl (C=O) groups is 1. The van der Waals surface area contributed by atoms with Crippen molar-refractivity contribution in [3.8, 4) is 0 Å². The van der Waals surface area contributed by atoms with Gasteiger partial charge in [-0.2, -0.15) is 0 Å². The predicted molar refractivity (Wildman–Crippen MR) is 126 cm³/mol. The van der Waals surface area contributed by atoms with Crippen molar-refractivity contribution in [3.05, 3.63) is 39.3 Å². The molecule has 2 saturated carbocycles. The Morgan fingerprint density at radius 2 is 1.88 bits per heavy atom. The van der Waals surface area contributed by atoms with Crippen LogP contribution in [0.3, 0.4) is 0 Å². The maximum absolute atomic E-state index is 13.6. The number of H-pyrrole nitrogens is 1. The van der Waals surface area contributed by atoms with E-state index in [-0.39, 0.29) is 16.4 Å². The lowest BCUT2D eigenvalue weighted by Gasteiger charge is -2.27. The maximum Gasteiger partial charge on any atom is 0.253 e.